The molecule has 0 atom stereocenters. The molecule has 2 aromatic heterocycles. The van der Waals surface area contributed by atoms with Gasteiger partial charge in [0.25, 0.3) is 15.9 Å². The predicted octanol–water partition coefficient (Wildman–Crippen LogP) is 3.86. The predicted molar refractivity (Wildman–Crippen MR) is 132 cm³/mol. The smallest absolute Gasteiger partial charge is 0.273 e. The maximum absolute atomic E-state index is 12.7. The lowest BCUT2D eigenvalue weighted by atomic mass is 10.0. The van der Waals surface area contributed by atoms with Crippen LogP contribution in [0.15, 0.2) is 53.4 Å². The molecule has 0 aliphatic carbocycles. The topological polar surface area (TPSA) is 150 Å². The second-order valence-corrected chi connectivity index (χ2v) is 9.89. The number of H-pyrrole nitrogens is 1. The molecule has 1 amide bonds. The number of benzene rings is 2. The fraction of sp³-hybridized carbons (Fsp3) is 0.167. The van der Waals surface area contributed by atoms with Gasteiger partial charge in [-0.2, -0.15) is 5.10 Å². The van der Waals surface area contributed by atoms with Gasteiger partial charge in [0.05, 0.1) is 10.6 Å². The summed E-state index contributed by atoms with van der Waals surface area (Å²) in [5.74, 6) is -0.375. The van der Waals surface area contributed by atoms with Crippen molar-refractivity contribution in [2.75, 3.05) is 10.0 Å². The molecular weight excluding hydrogens is 468 g/mol. The molecule has 180 valence electrons. The van der Waals surface area contributed by atoms with E-state index in [0.29, 0.717) is 33.9 Å². The normalized spacial score (nSPS) is 11.3. The Morgan fingerprint density at radius 3 is 2.26 bits per heavy atom. The lowest BCUT2D eigenvalue weighted by molar-refractivity contribution is 0.102. The Labute approximate surface area is 202 Å². The molecule has 4 aromatic rings. The molecule has 2 aromatic carbocycles. The number of rotatable bonds is 6. The van der Waals surface area contributed by atoms with Crippen LogP contribution in [-0.2, 0) is 10.0 Å². The number of amides is 1. The van der Waals surface area contributed by atoms with Gasteiger partial charge in [0.2, 0.25) is 5.95 Å². The van der Waals surface area contributed by atoms with Gasteiger partial charge in [0.15, 0.2) is 0 Å². The number of hydrogen-bond acceptors (Lipinski definition) is 7. The van der Waals surface area contributed by atoms with Crippen LogP contribution in [-0.4, -0.2) is 39.6 Å². The molecule has 4 rings (SSSR count). The largest absolute Gasteiger partial charge is 0.507 e. The van der Waals surface area contributed by atoms with Crippen LogP contribution in [0, 0.1) is 27.7 Å². The number of carbonyl (C=O) groups is 1. The van der Waals surface area contributed by atoms with Crippen molar-refractivity contribution in [1.82, 2.24) is 20.2 Å². The van der Waals surface area contributed by atoms with E-state index in [9.17, 15) is 18.3 Å². The zero-order chi connectivity index (χ0) is 25.3. The first-order chi connectivity index (χ1) is 16.5. The molecule has 0 aliphatic rings. The molecular formula is C24H24N6O4S. The molecule has 35 heavy (non-hydrogen) atoms. The molecule has 0 saturated carbocycles. The van der Waals surface area contributed by atoms with Gasteiger partial charge in [-0.05, 0) is 81.3 Å². The maximum Gasteiger partial charge on any atom is 0.273 e. The Morgan fingerprint density at radius 2 is 1.60 bits per heavy atom. The van der Waals surface area contributed by atoms with Gasteiger partial charge in [-0.3, -0.25) is 9.89 Å². The average Bonchev–Trinajstić information content (AvgIpc) is 3.26. The highest BCUT2D eigenvalue weighted by atomic mass is 32.2. The van der Waals surface area contributed by atoms with Crippen molar-refractivity contribution in [3.8, 4) is 17.0 Å². The molecule has 4 N–H and O–H groups in total. The highest BCUT2D eigenvalue weighted by Crippen LogP contribution is 2.32. The maximum atomic E-state index is 12.7. The lowest BCUT2D eigenvalue weighted by Gasteiger charge is -2.09. The molecule has 0 spiro atoms. The number of carbonyl (C=O) groups excluding carboxylic acids is 1. The molecule has 10 nitrogen and oxygen atoms in total. The van der Waals surface area contributed by atoms with E-state index in [1.165, 1.54) is 30.3 Å². The van der Waals surface area contributed by atoms with Crippen LogP contribution >= 0.6 is 0 Å². The van der Waals surface area contributed by atoms with Crippen LogP contribution in [0.4, 0.5) is 11.6 Å². The fourth-order valence-electron chi connectivity index (χ4n) is 3.60. The number of aryl methyl sites for hydroxylation is 4. The summed E-state index contributed by atoms with van der Waals surface area (Å²) in [6.07, 6.45) is 0. The van der Waals surface area contributed by atoms with E-state index in [0.717, 1.165) is 5.56 Å². The summed E-state index contributed by atoms with van der Waals surface area (Å²) in [4.78, 5) is 20.8. The summed E-state index contributed by atoms with van der Waals surface area (Å²) in [5.41, 5.74) is 4.48. The number of nitrogens with one attached hydrogen (secondary N) is 3. The first-order valence-electron chi connectivity index (χ1n) is 10.6. The standard InChI is InChI=1S/C24H24N6O4S/c1-13-9-14(2)22(31)19(10-13)20-12-21(29-28-20)23(32)27-17-5-7-18(8-6-17)35(33,34)30-24-25-15(3)11-16(4)26-24/h5-12,31H,1-4H3,(H,27,32)(H,28,29)(H,25,26,30). The van der Waals surface area contributed by atoms with E-state index in [-0.39, 0.29) is 22.3 Å². The molecule has 2 heterocycles. The monoisotopic (exact) mass is 492 g/mol. The van der Waals surface area contributed by atoms with Gasteiger partial charge in [-0.15, -0.1) is 0 Å². The van der Waals surface area contributed by atoms with E-state index in [2.05, 4.69) is 30.2 Å². The first-order valence-corrected chi connectivity index (χ1v) is 12.1. The second-order valence-electron chi connectivity index (χ2n) is 8.20. The third kappa shape index (κ3) is 5.30. The zero-order valence-corrected chi connectivity index (χ0v) is 20.4. The van der Waals surface area contributed by atoms with Crippen molar-refractivity contribution in [3.05, 3.63) is 76.7 Å². The van der Waals surface area contributed by atoms with Crippen LogP contribution < -0.4 is 10.0 Å². The van der Waals surface area contributed by atoms with Crippen molar-refractivity contribution in [2.45, 2.75) is 32.6 Å². The number of aromatic nitrogens is 4. The minimum absolute atomic E-state index is 0.00706. The van der Waals surface area contributed by atoms with E-state index < -0.39 is 15.9 Å². The molecule has 0 fully saturated rings. The summed E-state index contributed by atoms with van der Waals surface area (Å²) < 4.78 is 27.7. The number of hydrogen-bond donors (Lipinski definition) is 4. The Balaban J connectivity index is 1.48. The van der Waals surface area contributed by atoms with Crippen molar-refractivity contribution in [1.29, 1.82) is 0 Å². The van der Waals surface area contributed by atoms with Gasteiger partial charge in [-0.1, -0.05) is 6.07 Å². The van der Waals surface area contributed by atoms with E-state index >= 15 is 0 Å². The van der Waals surface area contributed by atoms with Crippen molar-refractivity contribution in [3.63, 3.8) is 0 Å². The molecule has 0 aliphatic heterocycles. The van der Waals surface area contributed by atoms with Crippen LogP contribution in [0.25, 0.3) is 11.3 Å². The summed E-state index contributed by atoms with van der Waals surface area (Å²) in [7, 11) is -3.91. The van der Waals surface area contributed by atoms with Crippen LogP contribution in [0.3, 0.4) is 0 Å². The minimum atomic E-state index is -3.91. The third-order valence-electron chi connectivity index (χ3n) is 5.17. The summed E-state index contributed by atoms with van der Waals surface area (Å²) in [5, 5.41) is 19.9. The highest BCUT2D eigenvalue weighted by molar-refractivity contribution is 7.92. The van der Waals surface area contributed by atoms with Crippen molar-refractivity contribution >= 4 is 27.6 Å². The zero-order valence-electron chi connectivity index (χ0n) is 19.5. The number of phenolic OH excluding ortho intramolecular Hbond substituents is 1. The van der Waals surface area contributed by atoms with E-state index in [1.807, 2.05) is 13.0 Å². The molecule has 0 bridgehead atoms. The number of aromatic amines is 1. The molecule has 0 radical (unpaired) electrons. The number of nitrogens with zero attached hydrogens (tertiary/aromatic N) is 3. The van der Waals surface area contributed by atoms with Crippen LogP contribution in [0.1, 0.15) is 33.0 Å². The molecule has 0 unspecified atom stereocenters. The molecule has 11 heteroatoms. The Kier molecular flexibility index (Phi) is 6.27. The lowest BCUT2D eigenvalue weighted by Crippen LogP contribution is -2.16. The van der Waals surface area contributed by atoms with E-state index in [1.54, 1.807) is 32.9 Å². The van der Waals surface area contributed by atoms with Gasteiger partial charge >= 0.3 is 0 Å². The second kappa shape index (κ2) is 9.18. The van der Waals surface area contributed by atoms with Gasteiger partial charge in [0, 0.05) is 22.6 Å². The fourth-order valence-corrected chi connectivity index (χ4v) is 4.54. The Morgan fingerprint density at radius 1 is 0.943 bits per heavy atom. The van der Waals surface area contributed by atoms with Gasteiger partial charge < -0.3 is 10.4 Å². The van der Waals surface area contributed by atoms with E-state index in [4.69, 9.17) is 0 Å². The van der Waals surface area contributed by atoms with Gasteiger partial charge in [-0.25, -0.2) is 23.1 Å². The summed E-state index contributed by atoms with van der Waals surface area (Å²) >= 11 is 0. The minimum Gasteiger partial charge on any atom is -0.507 e. The highest BCUT2D eigenvalue weighted by Gasteiger charge is 2.18. The third-order valence-corrected chi connectivity index (χ3v) is 6.52. The average molecular weight is 493 g/mol. The SMILES string of the molecule is Cc1cc(C)c(O)c(-c2cc(C(=O)Nc3ccc(S(=O)(=O)Nc4nc(C)cc(C)n4)cc3)[nH]n2)c1. The van der Waals surface area contributed by atoms with Gasteiger partial charge in [0.1, 0.15) is 11.4 Å². The number of sulfonamides is 1. The van der Waals surface area contributed by atoms with Crippen LogP contribution in [0.2, 0.25) is 0 Å². The quantitative estimate of drug-likeness (QED) is 0.319. The number of phenols is 1. The van der Waals surface area contributed by atoms with Crippen molar-refractivity contribution < 1.29 is 18.3 Å². The first kappa shape index (κ1) is 23.9. The summed E-state index contributed by atoms with van der Waals surface area (Å²) in [6.45, 7) is 7.19. The Hall–Kier alpha value is -4.25. The number of anilines is 2. The summed E-state index contributed by atoms with van der Waals surface area (Å²) in [6, 6.07) is 12.6. The Bertz CT molecular complexity index is 1510. The number of aromatic hydroxyl groups is 1. The van der Waals surface area contributed by atoms with Crippen LogP contribution in [0.5, 0.6) is 5.75 Å². The van der Waals surface area contributed by atoms with Crippen molar-refractivity contribution in [2.24, 2.45) is 0 Å². The molecule has 0 saturated heterocycles.